The Morgan fingerprint density at radius 2 is 2.44 bits per heavy atom. The van der Waals surface area contributed by atoms with E-state index in [-0.39, 0.29) is 6.04 Å². The number of rotatable bonds is 3. The molecule has 0 radical (unpaired) electrons. The SMILES string of the molecule is CCc1cccnc1C(N)C1=COCCC1. The molecule has 0 saturated heterocycles. The lowest BCUT2D eigenvalue weighted by molar-refractivity contribution is 0.221. The molecule has 3 heteroatoms. The van der Waals surface area contributed by atoms with Crippen LogP contribution in [-0.4, -0.2) is 11.6 Å². The Bertz CT molecular complexity index is 387. The van der Waals surface area contributed by atoms with Crippen LogP contribution in [0.4, 0.5) is 0 Å². The number of aryl methyl sites for hydroxylation is 1. The van der Waals surface area contributed by atoms with Crippen LogP contribution in [0.25, 0.3) is 0 Å². The zero-order chi connectivity index (χ0) is 11.4. The van der Waals surface area contributed by atoms with Gasteiger partial charge >= 0.3 is 0 Å². The van der Waals surface area contributed by atoms with Crippen LogP contribution in [0.3, 0.4) is 0 Å². The summed E-state index contributed by atoms with van der Waals surface area (Å²) in [6.45, 7) is 2.93. The van der Waals surface area contributed by atoms with Gasteiger partial charge in [-0.1, -0.05) is 13.0 Å². The summed E-state index contributed by atoms with van der Waals surface area (Å²) < 4.78 is 5.33. The summed E-state index contributed by atoms with van der Waals surface area (Å²) in [6, 6.07) is 3.93. The Morgan fingerprint density at radius 3 is 3.12 bits per heavy atom. The second-order valence-corrected chi connectivity index (χ2v) is 4.05. The number of hydrogen-bond acceptors (Lipinski definition) is 3. The molecule has 16 heavy (non-hydrogen) atoms. The van der Waals surface area contributed by atoms with Gasteiger partial charge in [-0.2, -0.15) is 0 Å². The first-order valence-corrected chi connectivity index (χ1v) is 5.83. The molecule has 0 bridgehead atoms. The molecule has 1 atom stereocenters. The number of ether oxygens (including phenoxy) is 1. The number of aromatic nitrogens is 1. The van der Waals surface area contributed by atoms with E-state index in [2.05, 4.69) is 18.0 Å². The van der Waals surface area contributed by atoms with Crippen molar-refractivity contribution in [1.29, 1.82) is 0 Å². The molecule has 2 rings (SSSR count). The molecule has 1 aromatic heterocycles. The number of pyridine rings is 1. The average Bonchev–Trinajstić information content (AvgIpc) is 2.39. The highest BCUT2D eigenvalue weighted by molar-refractivity contribution is 5.29. The van der Waals surface area contributed by atoms with Gasteiger partial charge in [-0.3, -0.25) is 4.98 Å². The summed E-state index contributed by atoms with van der Waals surface area (Å²) >= 11 is 0. The Kier molecular flexibility index (Phi) is 3.57. The van der Waals surface area contributed by atoms with E-state index >= 15 is 0 Å². The molecule has 1 aliphatic rings. The third-order valence-corrected chi connectivity index (χ3v) is 2.96. The minimum absolute atomic E-state index is 0.114. The van der Waals surface area contributed by atoms with Crippen molar-refractivity contribution >= 4 is 0 Å². The van der Waals surface area contributed by atoms with Crippen molar-refractivity contribution in [3.63, 3.8) is 0 Å². The van der Waals surface area contributed by atoms with E-state index in [9.17, 15) is 0 Å². The molecule has 0 amide bonds. The Hall–Kier alpha value is -1.35. The zero-order valence-electron chi connectivity index (χ0n) is 9.65. The van der Waals surface area contributed by atoms with Crippen molar-refractivity contribution < 1.29 is 4.74 Å². The molecule has 0 fully saturated rings. The van der Waals surface area contributed by atoms with Crippen LogP contribution in [0.2, 0.25) is 0 Å². The predicted molar refractivity (Wildman–Crippen MR) is 63.8 cm³/mol. The van der Waals surface area contributed by atoms with Gasteiger partial charge in [0.25, 0.3) is 0 Å². The normalized spacial score (nSPS) is 17.5. The first kappa shape index (κ1) is 11.1. The van der Waals surface area contributed by atoms with E-state index in [1.54, 1.807) is 6.20 Å². The van der Waals surface area contributed by atoms with E-state index in [1.807, 2.05) is 12.3 Å². The fraction of sp³-hybridized carbons (Fsp3) is 0.462. The molecule has 1 aliphatic heterocycles. The standard InChI is InChI=1S/C13H18N2O/c1-2-10-5-3-7-15-13(10)12(14)11-6-4-8-16-9-11/h3,5,7,9,12H,2,4,6,8,14H2,1H3. The lowest BCUT2D eigenvalue weighted by Crippen LogP contribution is -2.19. The van der Waals surface area contributed by atoms with Gasteiger partial charge < -0.3 is 10.5 Å². The molecule has 2 N–H and O–H groups in total. The second-order valence-electron chi connectivity index (χ2n) is 4.05. The maximum Gasteiger partial charge on any atom is 0.0876 e. The number of nitrogens with zero attached hydrogens (tertiary/aromatic N) is 1. The summed E-state index contributed by atoms with van der Waals surface area (Å²) in [5.41, 5.74) is 9.60. The molecule has 86 valence electrons. The topological polar surface area (TPSA) is 48.1 Å². The monoisotopic (exact) mass is 218 g/mol. The Labute approximate surface area is 96.3 Å². The van der Waals surface area contributed by atoms with Crippen molar-refractivity contribution in [2.75, 3.05) is 6.61 Å². The van der Waals surface area contributed by atoms with Gasteiger partial charge in [-0.25, -0.2) is 0 Å². The Morgan fingerprint density at radius 1 is 1.56 bits per heavy atom. The predicted octanol–water partition coefficient (Wildman–Crippen LogP) is 2.34. The third-order valence-electron chi connectivity index (χ3n) is 2.96. The summed E-state index contributed by atoms with van der Waals surface area (Å²) in [7, 11) is 0. The quantitative estimate of drug-likeness (QED) is 0.847. The minimum atomic E-state index is -0.114. The van der Waals surface area contributed by atoms with E-state index in [0.717, 1.165) is 37.1 Å². The van der Waals surface area contributed by atoms with Crippen LogP contribution < -0.4 is 5.73 Å². The molecule has 0 saturated carbocycles. The van der Waals surface area contributed by atoms with Gasteiger partial charge in [0.2, 0.25) is 0 Å². The highest BCUT2D eigenvalue weighted by Gasteiger charge is 2.18. The van der Waals surface area contributed by atoms with Crippen molar-refractivity contribution in [2.24, 2.45) is 5.73 Å². The summed E-state index contributed by atoms with van der Waals surface area (Å²) in [4.78, 5) is 4.40. The second kappa shape index (κ2) is 5.12. The molecule has 1 unspecified atom stereocenters. The lowest BCUT2D eigenvalue weighted by atomic mass is 9.96. The molecule has 3 nitrogen and oxygen atoms in total. The maximum atomic E-state index is 6.24. The van der Waals surface area contributed by atoms with E-state index < -0.39 is 0 Å². The van der Waals surface area contributed by atoms with Crippen molar-refractivity contribution in [3.8, 4) is 0 Å². The van der Waals surface area contributed by atoms with Gasteiger partial charge in [0.1, 0.15) is 0 Å². The smallest absolute Gasteiger partial charge is 0.0876 e. The third kappa shape index (κ3) is 2.25. The average molecular weight is 218 g/mol. The molecule has 2 heterocycles. The fourth-order valence-electron chi connectivity index (χ4n) is 2.02. The molecule has 0 aliphatic carbocycles. The van der Waals surface area contributed by atoms with Gasteiger partial charge in [0.05, 0.1) is 24.6 Å². The molecule has 1 aromatic rings. The van der Waals surface area contributed by atoms with Crippen LogP contribution in [0.5, 0.6) is 0 Å². The highest BCUT2D eigenvalue weighted by Crippen LogP contribution is 2.26. The van der Waals surface area contributed by atoms with Crippen LogP contribution in [0.15, 0.2) is 30.2 Å². The molecular formula is C13H18N2O. The van der Waals surface area contributed by atoms with Gasteiger partial charge in [0, 0.05) is 6.20 Å². The minimum Gasteiger partial charge on any atom is -0.501 e. The summed E-state index contributed by atoms with van der Waals surface area (Å²) in [5, 5.41) is 0. The van der Waals surface area contributed by atoms with Crippen LogP contribution in [-0.2, 0) is 11.2 Å². The number of hydrogen-bond donors (Lipinski definition) is 1. The first-order chi connectivity index (χ1) is 7.83. The lowest BCUT2D eigenvalue weighted by Gasteiger charge is -2.21. The molecule has 0 aromatic carbocycles. The summed E-state index contributed by atoms with van der Waals surface area (Å²) in [5.74, 6) is 0. The molecular weight excluding hydrogens is 200 g/mol. The zero-order valence-corrected chi connectivity index (χ0v) is 9.65. The highest BCUT2D eigenvalue weighted by atomic mass is 16.5. The van der Waals surface area contributed by atoms with Crippen LogP contribution in [0.1, 0.15) is 37.1 Å². The van der Waals surface area contributed by atoms with E-state index in [4.69, 9.17) is 10.5 Å². The molecule has 0 spiro atoms. The largest absolute Gasteiger partial charge is 0.501 e. The maximum absolute atomic E-state index is 6.24. The van der Waals surface area contributed by atoms with Gasteiger partial charge in [-0.05, 0) is 36.5 Å². The fourth-order valence-corrected chi connectivity index (χ4v) is 2.02. The number of nitrogens with two attached hydrogens (primary N) is 1. The van der Waals surface area contributed by atoms with Gasteiger partial charge in [-0.15, -0.1) is 0 Å². The van der Waals surface area contributed by atoms with Crippen LogP contribution >= 0.6 is 0 Å². The Balaban J connectivity index is 2.25. The van der Waals surface area contributed by atoms with Gasteiger partial charge in [0.15, 0.2) is 0 Å². The van der Waals surface area contributed by atoms with Crippen molar-refractivity contribution in [1.82, 2.24) is 4.98 Å². The van der Waals surface area contributed by atoms with Crippen molar-refractivity contribution in [3.05, 3.63) is 41.4 Å². The van der Waals surface area contributed by atoms with E-state index in [1.165, 1.54) is 5.56 Å². The summed E-state index contributed by atoms with van der Waals surface area (Å²) in [6.07, 6.45) is 6.64. The van der Waals surface area contributed by atoms with E-state index in [0.29, 0.717) is 0 Å². The van der Waals surface area contributed by atoms with Crippen LogP contribution in [0, 0.1) is 0 Å². The first-order valence-electron chi connectivity index (χ1n) is 5.83. The van der Waals surface area contributed by atoms with Crippen molar-refractivity contribution in [2.45, 2.75) is 32.2 Å².